The van der Waals surface area contributed by atoms with E-state index in [9.17, 15) is 19.2 Å². The highest BCUT2D eigenvalue weighted by Crippen LogP contribution is 2.32. The molecule has 1 N–H and O–H groups in total. The van der Waals surface area contributed by atoms with Gasteiger partial charge in [-0.15, -0.1) is 0 Å². The number of ether oxygens (including phenoxy) is 2. The SMILES string of the molecule is CCOc1cc(/C=C(\C#N)C(=O)Nc2ccc(C(=O)OC)cc2)cc(Br)c1Cc1cccc(F)c1. The Bertz CT molecular complexity index is 1310. The second kappa shape index (κ2) is 12.0. The molecule has 3 aromatic carbocycles. The van der Waals surface area contributed by atoms with Crippen molar-refractivity contribution in [1.29, 1.82) is 5.26 Å². The van der Waals surface area contributed by atoms with Gasteiger partial charge in [-0.3, -0.25) is 4.79 Å². The molecule has 178 valence electrons. The Morgan fingerprint density at radius 1 is 1.14 bits per heavy atom. The summed E-state index contributed by atoms with van der Waals surface area (Å²) < 4.78 is 24.8. The number of nitrogens with zero attached hydrogens (tertiary/aromatic N) is 1. The summed E-state index contributed by atoms with van der Waals surface area (Å²) in [5.74, 6) is -0.845. The molecule has 8 heteroatoms. The van der Waals surface area contributed by atoms with Crippen molar-refractivity contribution in [3.8, 4) is 11.8 Å². The summed E-state index contributed by atoms with van der Waals surface area (Å²) in [5, 5.41) is 12.2. The fraction of sp³-hybridized carbons (Fsp3) is 0.148. The molecular weight excluding hydrogens is 515 g/mol. The first-order valence-corrected chi connectivity index (χ1v) is 11.4. The van der Waals surface area contributed by atoms with E-state index in [2.05, 4.69) is 26.0 Å². The van der Waals surface area contributed by atoms with Crippen LogP contribution < -0.4 is 10.1 Å². The third-order valence-electron chi connectivity index (χ3n) is 4.99. The smallest absolute Gasteiger partial charge is 0.337 e. The molecule has 0 fully saturated rings. The van der Waals surface area contributed by atoms with Gasteiger partial charge in [0.05, 0.1) is 19.3 Å². The zero-order valence-electron chi connectivity index (χ0n) is 19.1. The van der Waals surface area contributed by atoms with E-state index >= 15 is 0 Å². The number of halogens is 2. The summed E-state index contributed by atoms with van der Waals surface area (Å²) in [7, 11) is 1.28. The molecule has 0 aliphatic carbocycles. The van der Waals surface area contributed by atoms with E-state index in [1.54, 1.807) is 30.3 Å². The van der Waals surface area contributed by atoms with Gasteiger partial charge >= 0.3 is 5.97 Å². The summed E-state index contributed by atoms with van der Waals surface area (Å²) in [4.78, 5) is 24.2. The van der Waals surface area contributed by atoms with Gasteiger partial charge in [-0.1, -0.05) is 28.1 Å². The van der Waals surface area contributed by atoms with Crippen molar-refractivity contribution in [2.75, 3.05) is 19.0 Å². The van der Waals surface area contributed by atoms with Crippen molar-refractivity contribution >= 4 is 39.6 Å². The molecule has 0 aliphatic heterocycles. The van der Waals surface area contributed by atoms with E-state index in [-0.39, 0.29) is 11.4 Å². The fourth-order valence-corrected chi connectivity index (χ4v) is 3.94. The van der Waals surface area contributed by atoms with Crippen LogP contribution in [0.1, 0.15) is 34.0 Å². The minimum absolute atomic E-state index is 0.116. The normalized spacial score (nSPS) is 10.9. The lowest BCUT2D eigenvalue weighted by Crippen LogP contribution is -2.13. The molecule has 6 nitrogen and oxygen atoms in total. The molecule has 1 amide bonds. The van der Waals surface area contributed by atoms with E-state index in [1.165, 1.54) is 37.5 Å². The monoisotopic (exact) mass is 536 g/mol. The van der Waals surface area contributed by atoms with Crippen LogP contribution in [-0.4, -0.2) is 25.6 Å². The summed E-state index contributed by atoms with van der Waals surface area (Å²) in [5.41, 5.74) is 2.83. The number of methoxy groups -OCH3 is 1. The molecule has 0 atom stereocenters. The molecule has 0 radical (unpaired) electrons. The Morgan fingerprint density at radius 3 is 2.51 bits per heavy atom. The number of carbonyl (C=O) groups is 2. The van der Waals surface area contributed by atoms with Gasteiger partial charge in [-0.2, -0.15) is 5.26 Å². The van der Waals surface area contributed by atoms with Gasteiger partial charge in [-0.05, 0) is 72.7 Å². The van der Waals surface area contributed by atoms with Crippen molar-refractivity contribution in [1.82, 2.24) is 0 Å². The van der Waals surface area contributed by atoms with Crippen LogP contribution >= 0.6 is 15.9 Å². The lowest BCUT2D eigenvalue weighted by molar-refractivity contribution is -0.112. The lowest BCUT2D eigenvalue weighted by Gasteiger charge is -2.14. The molecule has 0 unspecified atom stereocenters. The molecule has 3 aromatic rings. The van der Waals surface area contributed by atoms with Crippen LogP contribution in [0.15, 0.2) is 70.7 Å². The number of benzene rings is 3. The second-order valence-corrected chi connectivity index (χ2v) is 8.27. The maximum atomic E-state index is 13.6. The highest BCUT2D eigenvalue weighted by atomic mass is 79.9. The van der Waals surface area contributed by atoms with Gasteiger partial charge in [0.1, 0.15) is 23.2 Å². The number of rotatable bonds is 8. The summed E-state index contributed by atoms with van der Waals surface area (Å²) in [6.45, 7) is 2.25. The fourth-order valence-electron chi connectivity index (χ4n) is 3.34. The van der Waals surface area contributed by atoms with Crippen LogP contribution in [0.5, 0.6) is 5.75 Å². The van der Waals surface area contributed by atoms with Gasteiger partial charge in [-0.25, -0.2) is 9.18 Å². The molecule has 0 spiro atoms. The predicted molar refractivity (Wildman–Crippen MR) is 135 cm³/mol. The van der Waals surface area contributed by atoms with Gasteiger partial charge in [0.15, 0.2) is 0 Å². The van der Waals surface area contributed by atoms with Crippen molar-refractivity contribution in [2.24, 2.45) is 0 Å². The molecule has 0 aromatic heterocycles. The van der Waals surface area contributed by atoms with E-state index in [0.717, 1.165) is 11.1 Å². The van der Waals surface area contributed by atoms with E-state index < -0.39 is 11.9 Å². The first-order valence-electron chi connectivity index (χ1n) is 10.7. The minimum Gasteiger partial charge on any atom is -0.494 e. The number of nitrogens with one attached hydrogen (secondary N) is 1. The maximum absolute atomic E-state index is 13.6. The van der Waals surface area contributed by atoms with Crippen molar-refractivity contribution in [2.45, 2.75) is 13.3 Å². The Labute approximate surface area is 211 Å². The third-order valence-corrected chi connectivity index (χ3v) is 5.69. The number of carbonyl (C=O) groups excluding carboxylic acids is 2. The summed E-state index contributed by atoms with van der Waals surface area (Å²) in [6, 6.07) is 17.9. The van der Waals surface area contributed by atoms with E-state index in [1.807, 2.05) is 19.1 Å². The van der Waals surface area contributed by atoms with Crippen LogP contribution in [0.2, 0.25) is 0 Å². The highest BCUT2D eigenvalue weighted by Gasteiger charge is 2.15. The van der Waals surface area contributed by atoms with Gasteiger partial charge < -0.3 is 14.8 Å². The average molecular weight is 537 g/mol. The van der Waals surface area contributed by atoms with E-state index in [0.29, 0.717) is 40.1 Å². The zero-order valence-corrected chi connectivity index (χ0v) is 20.7. The van der Waals surface area contributed by atoms with E-state index in [4.69, 9.17) is 4.74 Å². The Hall–Kier alpha value is -3.96. The number of anilines is 1. The van der Waals surface area contributed by atoms with Crippen LogP contribution in [0.25, 0.3) is 6.08 Å². The van der Waals surface area contributed by atoms with Crippen molar-refractivity contribution in [3.05, 3.63) is 98.8 Å². The first-order chi connectivity index (χ1) is 16.8. The highest BCUT2D eigenvalue weighted by molar-refractivity contribution is 9.10. The average Bonchev–Trinajstić information content (AvgIpc) is 2.84. The number of esters is 1. The Balaban J connectivity index is 1.86. The minimum atomic E-state index is -0.601. The first kappa shape index (κ1) is 25.7. The van der Waals surface area contributed by atoms with Crippen LogP contribution in [0, 0.1) is 17.1 Å². The second-order valence-electron chi connectivity index (χ2n) is 7.41. The molecule has 35 heavy (non-hydrogen) atoms. The van der Waals surface area contributed by atoms with Crippen LogP contribution in [-0.2, 0) is 16.0 Å². The number of nitriles is 1. The van der Waals surface area contributed by atoms with Crippen LogP contribution in [0.4, 0.5) is 10.1 Å². The Morgan fingerprint density at radius 2 is 1.89 bits per heavy atom. The molecule has 0 heterocycles. The number of hydrogen-bond donors (Lipinski definition) is 1. The van der Waals surface area contributed by atoms with Crippen LogP contribution in [0.3, 0.4) is 0 Å². The number of amides is 1. The molecule has 0 bridgehead atoms. The largest absolute Gasteiger partial charge is 0.494 e. The van der Waals surface area contributed by atoms with Gasteiger partial charge in [0.2, 0.25) is 0 Å². The van der Waals surface area contributed by atoms with Gasteiger partial charge in [0.25, 0.3) is 5.91 Å². The standard InChI is InChI=1S/C27H22BrFN2O4/c1-3-35-25-15-18(14-24(28)23(25)13-17-5-4-6-21(29)12-17)11-20(16-30)26(32)31-22-9-7-19(8-10-22)27(33)34-2/h4-12,14-15H,3,13H2,1-2H3,(H,31,32)/b20-11+. The maximum Gasteiger partial charge on any atom is 0.337 e. The Kier molecular flexibility index (Phi) is 8.76. The molecule has 0 aliphatic rings. The molecular formula is C27H22BrFN2O4. The van der Waals surface area contributed by atoms with Crippen molar-refractivity contribution in [3.63, 3.8) is 0 Å². The summed E-state index contributed by atoms with van der Waals surface area (Å²) in [6.07, 6.45) is 1.89. The molecule has 3 rings (SSSR count). The topological polar surface area (TPSA) is 88.4 Å². The number of hydrogen-bond acceptors (Lipinski definition) is 5. The quantitative estimate of drug-likeness (QED) is 0.219. The summed E-state index contributed by atoms with van der Waals surface area (Å²) >= 11 is 3.55. The third kappa shape index (κ3) is 6.78. The van der Waals surface area contributed by atoms with Crippen molar-refractivity contribution < 1.29 is 23.5 Å². The molecule has 0 saturated carbocycles. The lowest BCUT2D eigenvalue weighted by atomic mass is 10.0. The van der Waals surface area contributed by atoms with Gasteiger partial charge in [0, 0.05) is 22.1 Å². The predicted octanol–water partition coefficient (Wildman–Crippen LogP) is 5.91. The molecule has 0 saturated heterocycles. The zero-order chi connectivity index (χ0) is 25.4.